The number of amides is 2. The number of rotatable bonds is 15. The molecule has 0 aliphatic heterocycles. The summed E-state index contributed by atoms with van der Waals surface area (Å²) in [5.41, 5.74) is 1.71. The highest BCUT2D eigenvalue weighted by molar-refractivity contribution is 14.1. The smallest absolute Gasteiger partial charge is 0.289 e. The molecule has 0 unspecified atom stereocenters. The number of methoxy groups -OCH3 is 4. The van der Waals surface area contributed by atoms with Gasteiger partial charge in [0.25, 0.3) is 5.91 Å². The molecule has 0 saturated carbocycles. The van der Waals surface area contributed by atoms with E-state index in [0.29, 0.717) is 43.6 Å². The molecular weight excluding hydrogens is 775 g/mol. The summed E-state index contributed by atoms with van der Waals surface area (Å²) in [4.78, 5) is 41.0. The first-order valence-corrected chi connectivity index (χ1v) is 17.1. The van der Waals surface area contributed by atoms with Crippen molar-refractivity contribution >= 4 is 51.7 Å². The number of hydrogen-bond acceptors (Lipinski definition) is 11. The average Bonchev–Trinajstić information content (AvgIpc) is 3.60. The van der Waals surface area contributed by atoms with Gasteiger partial charge in [0.15, 0.2) is 28.6 Å². The summed E-state index contributed by atoms with van der Waals surface area (Å²) in [7, 11) is 6.02. The van der Waals surface area contributed by atoms with Crippen molar-refractivity contribution in [3.05, 3.63) is 86.7 Å². The minimum atomic E-state index is -1.36. The molecular formula is C37H39IN2O11. The molecule has 13 nitrogen and oxygen atoms in total. The Kier molecular flexibility index (Phi) is 12.4. The summed E-state index contributed by atoms with van der Waals surface area (Å²) in [6.07, 6.45) is -0.115. The van der Waals surface area contributed by atoms with Crippen LogP contribution in [-0.4, -0.2) is 99.6 Å². The first kappa shape index (κ1) is 37.5. The van der Waals surface area contributed by atoms with Gasteiger partial charge in [-0.2, -0.15) is 0 Å². The van der Waals surface area contributed by atoms with Crippen LogP contribution in [0.4, 0.5) is 0 Å². The largest absolute Gasteiger partial charge is 0.497 e. The predicted molar refractivity (Wildman–Crippen MR) is 195 cm³/mol. The van der Waals surface area contributed by atoms with Crippen LogP contribution >= 0.6 is 22.6 Å². The summed E-state index contributed by atoms with van der Waals surface area (Å²) >= 11 is 2.00. The Labute approximate surface area is 308 Å². The Morgan fingerprint density at radius 1 is 1.00 bits per heavy atom. The van der Waals surface area contributed by atoms with Crippen molar-refractivity contribution in [1.82, 2.24) is 10.2 Å². The summed E-state index contributed by atoms with van der Waals surface area (Å²) in [5, 5.41) is 24.8. The normalized spacial score (nSPS) is 16.9. The van der Waals surface area contributed by atoms with Crippen LogP contribution in [0.1, 0.15) is 32.9 Å². The molecule has 3 aromatic carbocycles. The topological polar surface area (TPSA) is 166 Å². The van der Waals surface area contributed by atoms with Gasteiger partial charge >= 0.3 is 0 Å². The van der Waals surface area contributed by atoms with Gasteiger partial charge in [0.05, 0.1) is 44.7 Å². The summed E-state index contributed by atoms with van der Waals surface area (Å²) in [5.74, 6) is 1.05. The SMILES string of the molecule is COc1ccc(OC)c(CCN(C(=O)c2cc3cccc(OC)c3o2)[C@@H]2CC(C(=O)NCCO)=C[C@H](Oc3c(I)cc(C=O)cc3OC)[C@H]2O)c1. The van der Waals surface area contributed by atoms with E-state index in [1.165, 1.54) is 31.3 Å². The number of nitrogens with one attached hydrogen (secondary N) is 1. The lowest BCUT2D eigenvalue weighted by atomic mass is 9.87. The lowest BCUT2D eigenvalue weighted by molar-refractivity contribution is -0.118. The number of aliphatic hydroxyl groups excluding tert-OH is 2. The molecule has 0 fully saturated rings. The molecule has 1 aromatic heterocycles. The van der Waals surface area contributed by atoms with Crippen molar-refractivity contribution in [2.45, 2.75) is 31.1 Å². The lowest BCUT2D eigenvalue weighted by Gasteiger charge is -2.40. The molecule has 0 saturated heterocycles. The van der Waals surface area contributed by atoms with Gasteiger partial charge in [-0.3, -0.25) is 14.4 Å². The second-order valence-corrected chi connectivity index (χ2v) is 12.7. The van der Waals surface area contributed by atoms with E-state index in [9.17, 15) is 24.6 Å². The molecule has 0 radical (unpaired) electrons. The van der Waals surface area contributed by atoms with Crippen molar-refractivity contribution < 1.29 is 52.7 Å². The number of aliphatic hydroxyl groups is 2. The molecule has 14 heteroatoms. The molecule has 4 aromatic rings. The number of aldehydes is 1. The molecule has 3 atom stereocenters. The van der Waals surface area contributed by atoms with Crippen LogP contribution in [-0.2, 0) is 11.2 Å². The van der Waals surface area contributed by atoms with E-state index in [2.05, 4.69) is 5.32 Å². The fraction of sp³-hybridized carbons (Fsp3) is 0.324. The Balaban J connectivity index is 1.59. The maximum absolute atomic E-state index is 14.6. The first-order chi connectivity index (χ1) is 24.6. The van der Waals surface area contributed by atoms with Crippen molar-refractivity contribution in [3.63, 3.8) is 0 Å². The number of ether oxygens (including phenoxy) is 5. The van der Waals surface area contributed by atoms with Crippen molar-refractivity contribution in [1.29, 1.82) is 0 Å². The monoisotopic (exact) mass is 814 g/mol. The maximum atomic E-state index is 14.6. The second-order valence-electron chi connectivity index (χ2n) is 11.6. The standard InChI is InChI=1S/C37H39IN2O11/c1-46-25-8-9-28(47-2)22(16-25)10-12-40(37(45)32-18-23-6-5-7-29(48-3)34(23)51-32)27-17-24(36(44)39-11-13-41)19-30(33(27)43)50-35-26(38)14-21(20-42)15-31(35)49-4/h5-9,14-16,18-20,27,30,33,41,43H,10-13,17H2,1-4H3,(H,39,44)/t27-,30+,33+/m1/s1. The molecule has 5 rings (SSSR count). The average molecular weight is 815 g/mol. The van der Waals surface area contributed by atoms with E-state index >= 15 is 0 Å². The van der Waals surface area contributed by atoms with Gasteiger partial charge in [0, 0.05) is 36.0 Å². The zero-order valence-corrected chi connectivity index (χ0v) is 30.7. The predicted octanol–water partition coefficient (Wildman–Crippen LogP) is 4.18. The Morgan fingerprint density at radius 2 is 1.76 bits per heavy atom. The zero-order valence-electron chi connectivity index (χ0n) is 28.5. The van der Waals surface area contributed by atoms with E-state index in [-0.39, 0.29) is 55.4 Å². The number of hydrogen-bond donors (Lipinski definition) is 3. The Bertz CT molecular complexity index is 1920. The second kappa shape index (κ2) is 16.9. The molecule has 51 heavy (non-hydrogen) atoms. The van der Waals surface area contributed by atoms with Crippen LogP contribution in [0.25, 0.3) is 11.0 Å². The van der Waals surface area contributed by atoms with E-state index in [1.807, 2.05) is 28.7 Å². The van der Waals surface area contributed by atoms with Crippen LogP contribution in [0.2, 0.25) is 0 Å². The Hall–Kier alpha value is -4.80. The van der Waals surface area contributed by atoms with Crippen molar-refractivity contribution in [2.24, 2.45) is 0 Å². The van der Waals surface area contributed by atoms with Gasteiger partial charge in [-0.05, 0) is 83.1 Å². The van der Waals surface area contributed by atoms with Crippen LogP contribution in [0.15, 0.2) is 70.7 Å². The van der Waals surface area contributed by atoms with Gasteiger partial charge in [0.1, 0.15) is 30.0 Å². The number of furan rings is 1. The van der Waals surface area contributed by atoms with Crippen LogP contribution in [0.3, 0.4) is 0 Å². The third-order valence-electron chi connectivity index (χ3n) is 8.57. The van der Waals surface area contributed by atoms with Gasteiger partial charge in [0.2, 0.25) is 5.91 Å². The van der Waals surface area contributed by atoms with E-state index in [0.717, 1.165) is 5.56 Å². The molecule has 1 heterocycles. The molecule has 270 valence electrons. The number of nitrogens with zero attached hydrogens (tertiary/aromatic N) is 1. The van der Waals surface area contributed by atoms with Gasteiger partial charge in [-0.15, -0.1) is 0 Å². The summed E-state index contributed by atoms with van der Waals surface area (Å²) in [6.45, 7) is -0.232. The number of fused-ring (bicyclic) bond motifs is 1. The fourth-order valence-electron chi connectivity index (χ4n) is 6.02. The minimum Gasteiger partial charge on any atom is -0.497 e. The number of benzene rings is 3. The number of carbonyl (C=O) groups excluding carboxylic acids is 3. The molecule has 0 spiro atoms. The van der Waals surface area contributed by atoms with Gasteiger partial charge < -0.3 is 48.5 Å². The fourth-order valence-corrected chi connectivity index (χ4v) is 6.77. The van der Waals surface area contributed by atoms with Crippen molar-refractivity contribution in [3.8, 4) is 28.7 Å². The highest BCUT2D eigenvalue weighted by Gasteiger charge is 2.42. The maximum Gasteiger partial charge on any atom is 0.289 e. The minimum absolute atomic E-state index is 0.00159. The molecule has 0 bridgehead atoms. The van der Waals surface area contributed by atoms with Crippen LogP contribution in [0, 0.1) is 3.57 Å². The van der Waals surface area contributed by atoms with Crippen LogP contribution in [0.5, 0.6) is 28.7 Å². The highest BCUT2D eigenvalue weighted by atomic mass is 127. The molecule has 3 N–H and O–H groups in total. The van der Waals surface area contributed by atoms with E-state index in [4.69, 9.17) is 28.1 Å². The van der Waals surface area contributed by atoms with Gasteiger partial charge in [-0.1, -0.05) is 12.1 Å². The lowest BCUT2D eigenvalue weighted by Crippen LogP contribution is -2.55. The van der Waals surface area contributed by atoms with Crippen LogP contribution < -0.4 is 29.0 Å². The zero-order chi connectivity index (χ0) is 36.7. The first-order valence-electron chi connectivity index (χ1n) is 16.0. The number of halogens is 1. The summed E-state index contributed by atoms with van der Waals surface area (Å²) in [6, 6.07) is 14.3. The van der Waals surface area contributed by atoms with Crippen molar-refractivity contribution in [2.75, 3.05) is 48.1 Å². The number of carbonyl (C=O) groups is 3. The quantitative estimate of drug-likeness (QED) is 0.116. The van der Waals surface area contributed by atoms with E-state index in [1.54, 1.807) is 56.7 Å². The number of para-hydroxylation sites is 1. The Morgan fingerprint density at radius 3 is 2.45 bits per heavy atom. The molecule has 2 amide bonds. The third-order valence-corrected chi connectivity index (χ3v) is 9.37. The summed E-state index contributed by atoms with van der Waals surface area (Å²) < 4.78 is 34.9. The highest BCUT2D eigenvalue weighted by Crippen LogP contribution is 2.38. The molecule has 1 aliphatic rings. The van der Waals surface area contributed by atoms with Gasteiger partial charge in [-0.25, -0.2) is 0 Å². The molecule has 1 aliphatic carbocycles. The third kappa shape index (κ3) is 8.24. The van der Waals surface area contributed by atoms with E-state index < -0.39 is 30.1 Å².